The van der Waals surface area contributed by atoms with E-state index >= 15 is 0 Å². The number of carbonyl (C=O) groups is 2. The number of ether oxygens (including phenoxy) is 1. The number of methoxy groups -OCH3 is 1. The van der Waals surface area contributed by atoms with E-state index in [1.807, 2.05) is 0 Å². The third-order valence-electron chi connectivity index (χ3n) is 2.39. The second-order valence-electron chi connectivity index (χ2n) is 4.06. The molecule has 0 saturated carbocycles. The van der Waals surface area contributed by atoms with Crippen LogP contribution in [0.1, 0.15) is 17.4 Å². The third kappa shape index (κ3) is 4.22. The predicted molar refractivity (Wildman–Crippen MR) is 67.1 cm³/mol. The van der Waals surface area contributed by atoms with E-state index in [9.17, 15) is 14.4 Å². The summed E-state index contributed by atoms with van der Waals surface area (Å²) in [5, 5.41) is 11.6. The molecule has 7 heteroatoms. The van der Waals surface area contributed by atoms with Crippen LogP contribution in [0.15, 0.2) is 23.0 Å². The Bertz CT molecular complexity index is 523. The number of hydrogen-bond donors (Lipinski definition) is 2. The highest BCUT2D eigenvalue weighted by Gasteiger charge is 2.14. The monoisotopic (exact) mass is 268 g/mol. The second kappa shape index (κ2) is 6.69. The van der Waals surface area contributed by atoms with Gasteiger partial charge in [0.1, 0.15) is 12.2 Å². The van der Waals surface area contributed by atoms with Crippen molar-refractivity contribution in [3.05, 3.63) is 34.2 Å². The maximum absolute atomic E-state index is 11.7. The Balaban J connectivity index is 2.85. The van der Waals surface area contributed by atoms with Crippen molar-refractivity contribution in [3.63, 3.8) is 0 Å². The molecule has 1 amide bonds. The summed E-state index contributed by atoms with van der Waals surface area (Å²) in [4.78, 5) is 34.3. The molecule has 0 saturated heterocycles. The number of carbonyl (C=O) groups excluding carboxylic acids is 1. The average Bonchev–Trinajstić information content (AvgIpc) is 2.31. The van der Waals surface area contributed by atoms with Crippen molar-refractivity contribution in [1.29, 1.82) is 0 Å². The lowest BCUT2D eigenvalue weighted by molar-refractivity contribution is -0.122. The standard InChI is InChI=1S/C12H16N2O5/c1-8(7-19-2)13-10(15)6-14-9(12(17)18)4-3-5-11(14)16/h3-5,8H,6-7H2,1-2H3,(H,13,15)(H,17,18). The number of nitrogens with one attached hydrogen (secondary N) is 1. The number of carboxylic acids is 1. The topological polar surface area (TPSA) is 97.6 Å². The summed E-state index contributed by atoms with van der Waals surface area (Å²) in [5.41, 5.74) is -0.753. The van der Waals surface area contributed by atoms with Crippen molar-refractivity contribution < 1.29 is 19.4 Å². The van der Waals surface area contributed by atoms with Gasteiger partial charge in [0.25, 0.3) is 5.56 Å². The van der Waals surface area contributed by atoms with E-state index in [0.29, 0.717) is 6.61 Å². The fourth-order valence-electron chi connectivity index (χ4n) is 1.63. The summed E-state index contributed by atoms with van der Waals surface area (Å²) in [6, 6.07) is 3.60. The van der Waals surface area contributed by atoms with E-state index in [1.54, 1.807) is 6.92 Å². The summed E-state index contributed by atoms with van der Waals surface area (Å²) >= 11 is 0. The lowest BCUT2D eigenvalue weighted by Crippen LogP contribution is -2.40. The molecule has 1 unspecified atom stereocenters. The van der Waals surface area contributed by atoms with Gasteiger partial charge >= 0.3 is 5.97 Å². The van der Waals surface area contributed by atoms with Gasteiger partial charge in [-0.25, -0.2) is 4.79 Å². The first-order chi connectivity index (χ1) is 8.95. The van der Waals surface area contributed by atoms with Crippen LogP contribution >= 0.6 is 0 Å². The summed E-state index contributed by atoms with van der Waals surface area (Å²) in [5.74, 6) is -1.70. The Kier molecular flexibility index (Phi) is 5.25. The number of hydrogen-bond acceptors (Lipinski definition) is 4. The van der Waals surface area contributed by atoms with Crippen molar-refractivity contribution >= 4 is 11.9 Å². The molecule has 0 aromatic carbocycles. The molecule has 1 aromatic rings. The second-order valence-corrected chi connectivity index (χ2v) is 4.06. The third-order valence-corrected chi connectivity index (χ3v) is 2.39. The number of carboxylic acid groups (broad SMARTS) is 1. The van der Waals surface area contributed by atoms with Gasteiger partial charge in [-0.15, -0.1) is 0 Å². The van der Waals surface area contributed by atoms with Gasteiger partial charge in [0.15, 0.2) is 0 Å². The molecule has 0 aliphatic rings. The maximum Gasteiger partial charge on any atom is 0.352 e. The first kappa shape index (κ1) is 14.9. The zero-order chi connectivity index (χ0) is 14.4. The Morgan fingerprint density at radius 3 is 2.74 bits per heavy atom. The minimum atomic E-state index is -1.25. The Labute approximate surface area is 109 Å². The molecule has 1 aromatic heterocycles. The van der Waals surface area contributed by atoms with Crippen LogP contribution in [0.2, 0.25) is 0 Å². The van der Waals surface area contributed by atoms with Crippen molar-refractivity contribution in [3.8, 4) is 0 Å². The molecule has 0 aliphatic heterocycles. The maximum atomic E-state index is 11.7. The van der Waals surface area contributed by atoms with Gasteiger partial charge in [-0.2, -0.15) is 0 Å². The van der Waals surface area contributed by atoms with E-state index in [-0.39, 0.29) is 18.3 Å². The molecular formula is C12H16N2O5. The molecule has 0 spiro atoms. The summed E-state index contributed by atoms with van der Waals surface area (Å²) in [7, 11) is 1.51. The van der Waals surface area contributed by atoms with E-state index in [2.05, 4.69) is 5.32 Å². The van der Waals surface area contributed by atoms with Crippen LogP contribution in [-0.4, -0.2) is 41.3 Å². The fourth-order valence-corrected chi connectivity index (χ4v) is 1.63. The minimum Gasteiger partial charge on any atom is -0.477 e. The lowest BCUT2D eigenvalue weighted by Gasteiger charge is -2.14. The highest BCUT2D eigenvalue weighted by atomic mass is 16.5. The number of aromatic carboxylic acids is 1. The van der Waals surface area contributed by atoms with E-state index in [4.69, 9.17) is 9.84 Å². The van der Waals surface area contributed by atoms with Crippen molar-refractivity contribution in [2.45, 2.75) is 19.5 Å². The van der Waals surface area contributed by atoms with Crippen LogP contribution < -0.4 is 10.9 Å². The lowest BCUT2D eigenvalue weighted by atomic mass is 10.3. The summed E-state index contributed by atoms with van der Waals surface area (Å²) in [6.07, 6.45) is 0. The molecule has 1 atom stereocenters. The van der Waals surface area contributed by atoms with Gasteiger partial charge in [-0.3, -0.25) is 14.2 Å². The highest BCUT2D eigenvalue weighted by molar-refractivity contribution is 5.86. The zero-order valence-electron chi connectivity index (χ0n) is 10.8. The van der Waals surface area contributed by atoms with E-state index in [1.165, 1.54) is 25.3 Å². The van der Waals surface area contributed by atoms with Crippen molar-refractivity contribution in [2.24, 2.45) is 0 Å². The van der Waals surface area contributed by atoms with Crippen LogP contribution in [-0.2, 0) is 16.1 Å². The molecule has 1 heterocycles. The normalized spacial score (nSPS) is 11.9. The number of rotatable bonds is 6. The van der Waals surface area contributed by atoms with Crippen LogP contribution in [0.5, 0.6) is 0 Å². The SMILES string of the molecule is COCC(C)NC(=O)Cn1c(C(=O)O)cccc1=O. The Morgan fingerprint density at radius 1 is 1.47 bits per heavy atom. The summed E-state index contributed by atoms with van der Waals surface area (Å²) < 4.78 is 5.78. The fraction of sp³-hybridized carbons (Fsp3) is 0.417. The first-order valence-corrected chi connectivity index (χ1v) is 5.67. The molecule has 104 valence electrons. The van der Waals surface area contributed by atoms with Crippen LogP contribution in [0.4, 0.5) is 0 Å². The zero-order valence-corrected chi connectivity index (χ0v) is 10.8. The van der Waals surface area contributed by atoms with Crippen LogP contribution in [0.3, 0.4) is 0 Å². The van der Waals surface area contributed by atoms with Gasteiger partial charge in [-0.1, -0.05) is 6.07 Å². The highest BCUT2D eigenvalue weighted by Crippen LogP contribution is 1.97. The summed E-state index contributed by atoms with van der Waals surface area (Å²) in [6.45, 7) is 1.74. The van der Waals surface area contributed by atoms with Crippen LogP contribution in [0.25, 0.3) is 0 Å². The van der Waals surface area contributed by atoms with Gasteiger partial charge in [-0.05, 0) is 13.0 Å². The Hall–Kier alpha value is -2.15. The molecule has 0 fully saturated rings. The quantitative estimate of drug-likeness (QED) is 0.738. The van der Waals surface area contributed by atoms with E-state index < -0.39 is 17.4 Å². The van der Waals surface area contributed by atoms with Gasteiger partial charge in [0.2, 0.25) is 5.91 Å². The Morgan fingerprint density at radius 2 is 2.16 bits per heavy atom. The molecule has 7 nitrogen and oxygen atoms in total. The molecule has 0 radical (unpaired) electrons. The average molecular weight is 268 g/mol. The van der Waals surface area contributed by atoms with Crippen molar-refractivity contribution in [2.75, 3.05) is 13.7 Å². The molecule has 1 rings (SSSR count). The number of nitrogens with zero attached hydrogens (tertiary/aromatic N) is 1. The minimum absolute atomic E-state index is 0.217. The molecular weight excluding hydrogens is 252 g/mol. The van der Waals surface area contributed by atoms with Gasteiger partial charge in [0, 0.05) is 19.2 Å². The number of aromatic nitrogens is 1. The molecule has 2 N–H and O–H groups in total. The number of amides is 1. The van der Waals surface area contributed by atoms with E-state index in [0.717, 1.165) is 4.57 Å². The van der Waals surface area contributed by atoms with Gasteiger partial charge in [0.05, 0.1) is 6.61 Å². The predicted octanol–water partition coefficient (Wildman–Crippen LogP) is -0.302. The first-order valence-electron chi connectivity index (χ1n) is 5.67. The van der Waals surface area contributed by atoms with Crippen LogP contribution in [0, 0.1) is 0 Å². The molecule has 19 heavy (non-hydrogen) atoms. The smallest absolute Gasteiger partial charge is 0.352 e. The largest absolute Gasteiger partial charge is 0.477 e. The van der Waals surface area contributed by atoms with Gasteiger partial charge < -0.3 is 15.2 Å². The molecule has 0 aliphatic carbocycles. The number of pyridine rings is 1. The molecule has 0 bridgehead atoms. The van der Waals surface area contributed by atoms with Crippen molar-refractivity contribution in [1.82, 2.24) is 9.88 Å².